The molecule has 2 unspecified atom stereocenters. The first kappa shape index (κ1) is 11.1. The molecule has 2 rings (SSSR count). The van der Waals surface area contributed by atoms with E-state index in [2.05, 4.69) is 42.2 Å². The van der Waals surface area contributed by atoms with Gasteiger partial charge in [-0.25, -0.2) is 0 Å². The summed E-state index contributed by atoms with van der Waals surface area (Å²) in [7, 11) is -0.885. The second kappa shape index (κ2) is 5.60. The van der Waals surface area contributed by atoms with Crippen molar-refractivity contribution in [2.45, 2.75) is 25.4 Å². The molecular formula is C11H19NOSi2. The molecule has 0 aromatic heterocycles. The molecule has 0 aliphatic carbocycles. The minimum Gasteiger partial charge on any atom is -0.426 e. The lowest BCUT2D eigenvalue weighted by molar-refractivity contribution is 0.333. The molecular weight excluding hydrogens is 218 g/mol. The van der Waals surface area contributed by atoms with Gasteiger partial charge in [0.15, 0.2) is 9.28 Å². The Balaban J connectivity index is 1.88. The minimum absolute atomic E-state index is 0.197. The first-order valence-corrected chi connectivity index (χ1v) is 11.0. The zero-order valence-electron chi connectivity index (χ0n) is 9.28. The zero-order chi connectivity index (χ0) is 10.5. The van der Waals surface area contributed by atoms with Crippen LogP contribution in [0.25, 0.3) is 0 Å². The van der Waals surface area contributed by atoms with Gasteiger partial charge in [0.2, 0.25) is 0 Å². The summed E-state index contributed by atoms with van der Waals surface area (Å²) >= 11 is 0. The van der Waals surface area contributed by atoms with Crippen molar-refractivity contribution >= 4 is 17.8 Å². The van der Waals surface area contributed by atoms with Crippen molar-refractivity contribution in [3.05, 3.63) is 35.9 Å². The Hall–Kier alpha value is -0.426. The van der Waals surface area contributed by atoms with E-state index in [-0.39, 0.29) is 9.28 Å². The van der Waals surface area contributed by atoms with Crippen LogP contribution in [0.15, 0.2) is 30.3 Å². The molecule has 0 spiro atoms. The molecule has 4 heteroatoms. The summed E-state index contributed by atoms with van der Waals surface area (Å²) in [6.07, 6.45) is 1.28. The molecule has 1 heterocycles. The van der Waals surface area contributed by atoms with E-state index in [4.69, 9.17) is 4.43 Å². The highest BCUT2D eigenvalue weighted by molar-refractivity contribution is 7.08. The van der Waals surface area contributed by atoms with Crippen LogP contribution in [0, 0.1) is 0 Å². The van der Waals surface area contributed by atoms with Crippen molar-refractivity contribution < 1.29 is 4.43 Å². The summed E-state index contributed by atoms with van der Waals surface area (Å²) in [5.41, 5.74) is 1.41. The topological polar surface area (TPSA) is 21.3 Å². The molecule has 1 fully saturated rings. The fourth-order valence-electron chi connectivity index (χ4n) is 2.06. The van der Waals surface area contributed by atoms with Crippen LogP contribution in [-0.4, -0.2) is 24.4 Å². The highest BCUT2D eigenvalue weighted by atomic mass is 29.2. The maximum absolute atomic E-state index is 5.66. The van der Waals surface area contributed by atoms with Crippen LogP contribution >= 0.6 is 0 Å². The normalized spacial score (nSPS) is 25.3. The number of hydrogen-bond acceptors (Lipinski definition) is 2. The van der Waals surface area contributed by atoms with Crippen molar-refractivity contribution in [1.29, 1.82) is 0 Å². The van der Waals surface area contributed by atoms with Gasteiger partial charge in [-0.1, -0.05) is 30.3 Å². The van der Waals surface area contributed by atoms with Crippen molar-refractivity contribution in [2.75, 3.05) is 6.61 Å². The van der Waals surface area contributed by atoms with Gasteiger partial charge in [-0.2, -0.15) is 0 Å². The predicted octanol–water partition coefficient (Wildman–Crippen LogP) is 1.06. The van der Waals surface area contributed by atoms with E-state index in [9.17, 15) is 0 Å². The van der Waals surface area contributed by atoms with Gasteiger partial charge in [0.1, 0.15) is 8.48 Å². The number of nitrogens with one attached hydrogen (secondary N) is 1. The molecule has 1 aromatic rings. The highest BCUT2D eigenvalue weighted by Gasteiger charge is 2.18. The summed E-state index contributed by atoms with van der Waals surface area (Å²) in [6.45, 7) is 3.29. The molecule has 2 atom stereocenters. The second-order valence-corrected chi connectivity index (χ2v) is 11.2. The average Bonchev–Trinajstić information content (AvgIpc) is 2.31. The third kappa shape index (κ3) is 3.27. The van der Waals surface area contributed by atoms with Crippen molar-refractivity contribution in [2.24, 2.45) is 0 Å². The van der Waals surface area contributed by atoms with E-state index in [0.717, 1.165) is 6.61 Å². The Morgan fingerprint density at radius 3 is 2.87 bits per heavy atom. The van der Waals surface area contributed by atoms with Crippen LogP contribution in [-0.2, 0) is 4.43 Å². The van der Waals surface area contributed by atoms with E-state index >= 15 is 0 Å². The maximum atomic E-state index is 5.66. The fraction of sp³-hybridized carbons (Fsp3) is 0.455. The Morgan fingerprint density at radius 2 is 2.20 bits per heavy atom. The molecule has 1 aliphatic heterocycles. The molecule has 0 amide bonds. The van der Waals surface area contributed by atoms with Crippen LogP contribution < -0.4 is 4.98 Å². The monoisotopic (exact) mass is 237 g/mol. The van der Waals surface area contributed by atoms with Crippen LogP contribution in [0.5, 0.6) is 0 Å². The summed E-state index contributed by atoms with van der Waals surface area (Å²) in [4.78, 5) is 3.81. The van der Waals surface area contributed by atoms with Crippen LogP contribution in [0.2, 0.25) is 6.04 Å². The lowest BCUT2D eigenvalue weighted by atomic mass is 10.1. The maximum Gasteiger partial charge on any atom is 0.164 e. The first-order valence-electron chi connectivity index (χ1n) is 5.75. The number of rotatable bonds is 3. The molecule has 0 bridgehead atoms. The summed E-state index contributed by atoms with van der Waals surface area (Å²) in [6, 6.07) is 12.7. The van der Waals surface area contributed by atoms with Crippen molar-refractivity contribution in [1.82, 2.24) is 4.98 Å². The summed E-state index contributed by atoms with van der Waals surface area (Å²) in [5.74, 6) is 0. The zero-order valence-corrected chi connectivity index (χ0v) is 11.8. The van der Waals surface area contributed by atoms with Crippen molar-refractivity contribution in [3.63, 3.8) is 0 Å². The third-order valence-electron chi connectivity index (χ3n) is 2.95. The summed E-state index contributed by atoms with van der Waals surface area (Å²) in [5, 5.41) is 0. The van der Waals surface area contributed by atoms with Gasteiger partial charge >= 0.3 is 0 Å². The van der Waals surface area contributed by atoms with Gasteiger partial charge < -0.3 is 9.41 Å². The van der Waals surface area contributed by atoms with E-state index < -0.39 is 8.48 Å². The molecule has 15 heavy (non-hydrogen) atoms. The van der Waals surface area contributed by atoms with Gasteiger partial charge in [0.25, 0.3) is 0 Å². The van der Waals surface area contributed by atoms with Crippen LogP contribution in [0.1, 0.15) is 24.9 Å². The molecule has 0 radical (unpaired) electrons. The number of benzene rings is 1. The fourth-order valence-corrected chi connectivity index (χ4v) is 8.78. The lowest BCUT2D eigenvalue weighted by Gasteiger charge is -2.25. The Kier molecular flexibility index (Phi) is 4.13. The van der Waals surface area contributed by atoms with Gasteiger partial charge in [0.05, 0.1) is 0 Å². The number of hydrogen-bond donors (Lipinski definition) is 1. The van der Waals surface area contributed by atoms with Crippen molar-refractivity contribution in [3.8, 4) is 0 Å². The predicted molar refractivity (Wildman–Crippen MR) is 69.1 cm³/mol. The van der Waals surface area contributed by atoms with Gasteiger partial charge in [-0.05, 0) is 25.0 Å². The van der Waals surface area contributed by atoms with Gasteiger partial charge in [-0.3, -0.25) is 0 Å². The second-order valence-electron chi connectivity index (χ2n) is 4.21. The van der Waals surface area contributed by atoms with E-state index in [1.807, 2.05) is 0 Å². The molecule has 1 saturated heterocycles. The molecule has 1 N–H and O–H groups in total. The molecule has 0 saturated carbocycles. The molecule has 82 valence electrons. The lowest BCUT2D eigenvalue weighted by Crippen LogP contribution is -2.45. The van der Waals surface area contributed by atoms with Gasteiger partial charge in [-0.15, -0.1) is 0 Å². The average molecular weight is 237 g/mol. The Morgan fingerprint density at radius 1 is 1.40 bits per heavy atom. The highest BCUT2D eigenvalue weighted by Crippen LogP contribution is 2.13. The van der Waals surface area contributed by atoms with E-state index in [1.54, 1.807) is 0 Å². The molecule has 2 nitrogen and oxygen atoms in total. The quantitative estimate of drug-likeness (QED) is 0.794. The van der Waals surface area contributed by atoms with Gasteiger partial charge in [0, 0.05) is 12.6 Å². The SMILES string of the molecule is CC(N[SiH]1CCCO[SiH2]1)c1ccccc1. The third-order valence-corrected chi connectivity index (χ3v) is 9.79. The molecule has 1 aliphatic rings. The summed E-state index contributed by atoms with van der Waals surface area (Å²) < 4.78 is 5.66. The van der Waals surface area contributed by atoms with E-state index in [0.29, 0.717) is 6.04 Å². The standard InChI is InChI=1S/C11H19NOSi2/c1-10(11-6-3-2-4-7-11)12-15-9-5-8-13-14-15/h2-4,6-7,10,12,15H,5,8-9,14H2,1H3. The Labute approximate surface area is 95.5 Å². The van der Waals surface area contributed by atoms with E-state index in [1.165, 1.54) is 18.0 Å². The first-order chi connectivity index (χ1) is 7.36. The Bertz CT molecular complexity index is 288. The largest absolute Gasteiger partial charge is 0.426 e. The molecule has 1 aromatic carbocycles. The minimum atomic E-state index is -0.687. The smallest absolute Gasteiger partial charge is 0.164 e. The van der Waals surface area contributed by atoms with Crippen LogP contribution in [0.4, 0.5) is 0 Å². The van der Waals surface area contributed by atoms with Crippen LogP contribution in [0.3, 0.4) is 0 Å².